The molecule has 0 aromatic heterocycles. The van der Waals surface area contributed by atoms with Crippen molar-refractivity contribution in [2.45, 2.75) is 0 Å². The van der Waals surface area contributed by atoms with Gasteiger partial charge in [-0.25, -0.2) is 0 Å². The van der Waals surface area contributed by atoms with Gasteiger partial charge in [0, 0.05) is 34.9 Å². The van der Waals surface area contributed by atoms with Crippen molar-refractivity contribution in [3.8, 4) is 5.75 Å². The molecule has 2 amide bonds. The lowest BCUT2D eigenvalue weighted by atomic mass is 10.2. The van der Waals surface area contributed by atoms with Crippen molar-refractivity contribution in [3.05, 3.63) is 58.1 Å². The molecular weight excluding hydrogens is 413 g/mol. The number of anilines is 2. The molecule has 1 aliphatic rings. The van der Waals surface area contributed by atoms with Crippen molar-refractivity contribution >= 4 is 52.5 Å². The van der Waals surface area contributed by atoms with E-state index >= 15 is 0 Å². The smallest absolute Gasteiger partial charge is 0.265 e. The van der Waals surface area contributed by atoms with E-state index in [1.54, 1.807) is 47.4 Å². The van der Waals surface area contributed by atoms with Gasteiger partial charge in [-0.05, 0) is 56.1 Å². The summed E-state index contributed by atoms with van der Waals surface area (Å²) in [5.74, 6) is 0.184. The Morgan fingerprint density at radius 1 is 1.24 bits per heavy atom. The molecule has 0 aliphatic carbocycles. The summed E-state index contributed by atoms with van der Waals surface area (Å²) >= 11 is 12.0. The zero-order valence-electron chi connectivity index (χ0n) is 16.1. The molecule has 152 valence electrons. The number of benzene rings is 2. The van der Waals surface area contributed by atoms with Crippen molar-refractivity contribution < 1.29 is 14.3 Å². The topological polar surface area (TPSA) is 61.9 Å². The Balaban J connectivity index is 1.74. The number of rotatable bonds is 6. The first kappa shape index (κ1) is 21.2. The van der Waals surface area contributed by atoms with Gasteiger partial charge in [-0.2, -0.15) is 0 Å². The van der Waals surface area contributed by atoms with Crippen LogP contribution in [-0.4, -0.2) is 50.5 Å². The van der Waals surface area contributed by atoms with Crippen LogP contribution in [0.2, 0.25) is 10.0 Å². The number of amides is 2. The molecule has 1 N–H and O–H groups in total. The summed E-state index contributed by atoms with van der Waals surface area (Å²) < 4.78 is 5.50. The van der Waals surface area contributed by atoms with Crippen molar-refractivity contribution in [3.63, 3.8) is 0 Å². The van der Waals surface area contributed by atoms with E-state index in [1.165, 1.54) is 6.08 Å². The molecule has 0 fully saturated rings. The second kappa shape index (κ2) is 9.31. The summed E-state index contributed by atoms with van der Waals surface area (Å²) in [6.07, 6.45) is 3.00. The maximum Gasteiger partial charge on any atom is 0.265 e. The monoisotopic (exact) mass is 433 g/mol. The molecule has 0 spiro atoms. The van der Waals surface area contributed by atoms with E-state index in [9.17, 15) is 9.59 Å². The fourth-order valence-corrected chi connectivity index (χ4v) is 3.28. The molecule has 2 aromatic rings. The highest BCUT2D eigenvalue weighted by atomic mass is 35.5. The van der Waals surface area contributed by atoms with Crippen LogP contribution in [0.25, 0.3) is 6.08 Å². The summed E-state index contributed by atoms with van der Waals surface area (Å²) in [6.45, 7) is 1.26. The first-order valence-electron chi connectivity index (χ1n) is 8.99. The standard InChI is InChI=1S/C21H21Cl2N3O3/c1-25(2)9-10-26-18-12-16(6-7-19(18)29-13-21(26)28)24-20(27)8-4-14-3-5-15(22)11-17(14)23/h3-8,11-12H,9-10,13H2,1-2H3,(H,24,27)/b8-4+. The van der Waals surface area contributed by atoms with Crippen LogP contribution in [-0.2, 0) is 9.59 Å². The van der Waals surface area contributed by atoms with Gasteiger partial charge in [0.25, 0.3) is 5.91 Å². The molecule has 0 atom stereocenters. The highest BCUT2D eigenvalue weighted by Crippen LogP contribution is 2.34. The van der Waals surface area contributed by atoms with Crippen LogP contribution in [0, 0.1) is 0 Å². The van der Waals surface area contributed by atoms with Gasteiger partial charge >= 0.3 is 0 Å². The summed E-state index contributed by atoms with van der Waals surface area (Å²) in [7, 11) is 3.89. The summed E-state index contributed by atoms with van der Waals surface area (Å²) in [4.78, 5) is 28.3. The summed E-state index contributed by atoms with van der Waals surface area (Å²) in [5, 5.41) is 3.78. The summed E-state index contributed by atoms with van der Waals surface area (Å²) in [6, 6.07) is 10.3. The van der Waals surface area contributed by atoms with Gasteiger partial charge in [0.15, 0.2) is 6.61 Å². The van der Waals surface area contributed by atoms with Crippen molar-refractivity contribution in [2.24, 2.45) is 0 Å². The van der Waals surface area contributed by atoms with E-state index in [0.717, 1.165) is 0 Å². The minimum atomic E-state index is -0.320. The van der Waals surface area contributed by atoms with Crippen LogP contribution < -0.4 is 15.0 Å². The minimum absolute atomic E-state index is 0.0106. The van der Waals surface area contributed by atoms with Gasteiger partial charge in [0.05, 0.1) is 5.69 Å². The number of fused-ring (bicyclic) bond motifs is 1. The lowest BCUT2D eigenvalue weighted by Gasteiger charge is -2.30. The quantitative estimate of drug-likeness (QED) is 0.700. The fraction of sp³-hybridized carbons (Fsp3) is 0.238. The Kier molecular flexibility index (Phi) is 6.79. The molecule has 6 nitrogen and oxygen atoms in total. The molecular formula is C21H21Cl2N3O3. The molecule has 29 heavy (non-hydrogen) atoms. The van der Waals surface area contributed by atoms with Gasteiger partial charge in [0.1, 0.15) is 5.75 Å². The highest BCUT2D eigenvalue weighted by Gasteiger charge is 2.25. The van der Waals surface area contributed by atoms with Crippen LogP contribution in [0.5, 0.6) is 5.75 Å². The number of hydrogen-bond donors (Lipinski definition) is 1. The Morgan fingerprint density at radius 2 is 2.03 bits per heavy atom. The van der Waals surface area contributed by atoms with Crippen molar-refractivity contribution in [1.82, 2.24) is 4.90 Å². The highest BCUT2D eigenvalue weighted by molar-refractivity contribution is 6.35. The molecule has 8 heteroatoms. The van der Waals surface area contributed by atoms with Gasteiger partial charge in [0.2, 0.25) is 5.91 Å². The largest absolute Gasteiger partial charge is 0.482 e. The Morgan fingerprint density at radius 3 is 2.76 bits per heavy atom. The number of nitrogens with zero attached hydrogens (tertiary/aromatic N) is 2. The van der Waals surface area contributed by atoms with Gasteiger partial charge < -0.3 is 19.9 Å². The third kappa shape index (κ3) is 5.50. The average Bonchev–Trinajstić information content (AvgIpc) is 2.66. The first-order chi connectivity index (χ1) is 13.8. The third-order valence-electron chi connectivity index (χ3n) is 4.32. The van der Waals surface area contributed by atoms with E-state index in [1.807, 2.05) is 19.0 Å². The lowest BCUT2D eigenvalue weighted by molar-refractivity contribution is -0.121. The zero-order valence-corrected chi connectivity index (χ0v) is 17.6. The van der Waals surface area contributed by atoms with Crippen LogP contribution in [0.3, 0.4) is 0 Å². The zero-order chi connectivity index (χ0) is 21.0. The third-order valence-corrected chi connectivity index (χ3v) is 4.88. The van der Waals surface area contributed by atoms with E-state index < -0.39 is 0 Å². The van der Waals surface area contributed by atoms with Gasteiger partial charge in [-0.1, -0.05) is 29.3 Å². The Labute approximate surface area is 179 Å². The van der Waals surface area contributed by atoms with E-state index in [0.29, 0.717) is 45.8 Å². The molecule has 1 aliphatic heterocycles. The molecule has 0 radical (unpaired) electrons. The number of ether oxygens (including phenoxy) is 1. The van der Waals surface area contributed by atoms with Crippen LogP contribution in [0.15, 0.2) is 42.5 Å². The van der Waals surface area contributed by atoms with E-state index in [2.05, 4.69) is 5.32 Å². The Hall–Kier alpha value is -2.54. The second-order valence-corrected chi connectivity index (χ2v) is 7.65. The van der Waals surface area contributed by atoms with Crippen LogP contribution >= 0.6 is 23.2 Å². The molecule has 2 aromatic carbocycles. The molecule has 0 unspecified atom stereocenters. The average molecular weight is 434 g/mol. The molecule has 3 rings (SSSR count). The van der Waals surface area contributed by atoms with Gasteiger partial charge in [-0.3, -0.25) is 9.59 Å². The number of likely N-dealkylation sites (N-methyl/N-ethyl adjacent to an activating group) is 1. The molecule has 0 saturated heterocycles. The summed E-state index contributed by atoms with van der Waals surface area (Å²) in [5.41, 5.74) is 1.89. The predicted molar refractivity (Wildman–Crippen MR) is 117 cm³/mol. The first-order valence-corrected chi connectivity index (χ1v) is 9.75. The van der Waals surface area contributed by atoms with Crippen LogP contribution in [0.1, 0.15) is 5.56 Å². The number of halogens is 2. The number of carbonyl (C=O) groups is 2. The number of carbonyl (C=O) groups excluding carboxylic acids is 2. The maximum absolute atomic E-state index is 12.3. The van der Waals surface area contributed by atoms with E-state index in [4.69, 9.17) is 27.9 Å². The fourth-order valence-electron chi connectivity index (χ4n) is 2.81. The predicted octanol–water partition coefficient (Wildman–Crippen LogP) is 3.93. The normalized spacial score (nSPS) is 13.6. The SMILES string of the molecule is CN(C)CCN1C(=O)COc2ccc(NC(=O)/C=C/c3ccc(Cl)cc3Cl)cc21. The second-order valence-electron chi connectivity index (χ2n) is 6.81. The van der Waals surface area contributed by atoms with Crippen LogP contribution in [0.4, 0.5) is 11.4 Å². The number of hydrogen-bond acceptors (Lipinski definition) is 4. The molecule has 1 heterocycles. The van der Waals surface area contributed by atoms with Crippen molar-refractivity contribution in [1.29, 1.82) is 0 Å². The minimum Gasteiger partial charge on any atom is -0.482 e. The lowest BCUT2D eigenvalue weighted by Crippen LogP contribution is -2.42. The number of nitrogens with one attached hydrogen (secondary N) is 1. The Bertz CT molecular complexity index is 960. The van der Waals surface area contributed by atoms with Crippen molar-refractivity contribution in [2.75, 3.05) is 44.0 Å². The van der Waals surface area contributed by atoms with Gasteiger partial charge in [-0.15, -0.1) is 0 Å². The van der Waals surface area contributed by atoms with E-state index in [-0.39, 0.29) is 18.4 Å². The maximum atomic E-state index is 12.3. The molecule has 0 bridgehead atoms. The molecule has 0 saturated carbocycles.